The average Bonchev–Trinajstić information content (AvgIpc) is 2.76. The van der Waals surface area contributed by atoms with E-state index >= 15 is 0 Å². The zero-order valence-electron chi connectivity index (χ0n) is 10.6. The van der Waals surface area contributed by atoms with Crippen molar-refractivity contribution in [1.82, 2.24) is 4.98 Å². The summed E-state index contributed by atoms with van der Waals surface area (Å²) in [5.74, 6) is 1.07. The topological polar surface area (TPSA) is 86.2 Å². The van der Waals surface area contributed by atoms with Crippen molar-refractivity contribution in [3.8, 4) is 0 Å². The molecule has 0 spiro atoms. The zero-order valence-corrected chi connectivity index (χ0v) is 12.3. The van der Waals surface area contributed by atoms with Crippen LogP contribution in [0.25, 0.3) is 11.1 Å². The van der Waals surface area contributed by atoms with Crippen molar-refractivity contribution in [2.75, 3.05) is 23.0 Å². The van der Waals surface area contributed by atoms with Gasteiger partial charge in [0.1, 0.15) is 15.4 Å². The van der Waals surface area contributed by atoms with E-state index in [1.807, 2.05) is 0 Å². The van der Waals surface area contributed by atoms with Gasteiger partial charge in [0, 0.05) is 17.2 Å². The molecule has 0 atom stereocenters. The summed E-state index contributed by atoms with van der Waals surface area (Å²) in [6.45, 7) is 1.66. The Morgan fingerprint density at radius 3 is 2.95 bits per heavy atom. The van der Waals surface area contributed by atoms with Gasteiger partial charge in [0.25, 0.3) is 5.22 Å². The molecule has 7 heteroatoms. The predicted molar refractivity (Wildman–Crippen MR) is 78.1 cm³/mol. The summed E-state index contributed by atoms with van der Waals surface area (Å²) in [7, 11) is -2.89. The molecular formula is C12H16N2O3S2. The molecular weight excluding hydrogens is 284 g/mol. The van der Waals surface area contributed by atoms with Crippen LogP contribution in [0.2, 0.25) is 0 Å². The molecule has 5 nitrogen and oxygen atoms in total. The van der Waals surface area contributed by atoms with E-state index in [0.29, 0.717) is 28.7 Å². The number of sulfone groups is 1. The maximum Gasteiger partial charge on any atom is 0.256 e. The van der Waals surface area contributed by atoms with Crippen molar-refractivity contribution in [1.29, 1.82) is 0 Å². The molecule has 2 rings (SSSR count). The second-order valence-corrected chi connectivity index (χ2v) is 7.66. The van der Waals surface area contributed by atoms with Gasteiger partial charge in [-0.2, -0.15) is 0 Å². The van der Waals surface area contributed by atoms with Crippen LogP contribution in [0.1, 0.15) is 13.3 Å². The molecule has 104 valence electrons. The fourth-order valence-corrected chi connectivity index (χ4v) is 3.40. The zero-order chi connectivity index (χ0) is 13.9. The van der Waals surface area contributed by atoms with Gasteiger partial charge in [0.05, 0.1) is 5.75 Å². The van der Waals surface area contributed by atoms with Gasteiger partial charge in [0.15, 0.2) is 5.58 Å². The van der Waals surface area contributed by atoms with Gasteiger partial charge in [-0.25, -0.2) is 13.4 Å². The van der Waals surface area contributed by atoms with E-state index in [-0.39, 0.29) is 11.5 Å². The minimum absolute atomic E-state index is 0.194. The van der Waals surface area contributed by atoms with Gasteiger partial charge in [-0.15, -0.1) is 0 Å². The van der Waals surface area contributed by atoms with Gasteiger partial charge < -0.3 is 10.2 Å². The van der Waals surface area contributed by atoms with Gasteiger partial charge in [-0.1, -0.05) is 18.7 Å². The monoisotopic (exact) mass is 300 g/mol. The molecule has 19 heavy (non-hydrogen) atoms. The van der Waals surface area contributed by atoms with E-state index < -0.39 is 9.84 Å². The molecule has 0 amide bonds. The highest BCUT2D eigenvalue weighted by Crippen LogP contribution is 2.25. The Balaban J connectivity index is 1.92. The lowest BCUT2D eigenvalue weighted by Gasteiger charge is -1.99. The lowest BCUT2D eigenvalue weighted by molar-refractivity contribution is 0.489. The van der Waals surface area contributed by atoms with Gasteiger partial charge >= 0.3 is 0 Å². The van der Waals surface area contributed by atoms with Gasteiger partial charge in [-0.3, -0.25) is 0 Å². The molecule has 2 aromatic rings. The van der Waals surface area contributed by atoms with E-state index in [1.54, 1.807) is 25.1 Å². The van der Waals surface area contributed by atoms with Crippen molar-refractivity contribution < 1.29 is 12.8 Å². The van der Waals surface area contributed by atoms with Crippen LogP contribution < -0.4 is 5.73 Å². The molecule has 0 aliphatic carbocycles. The van der Waals surface area contributed by atoms with Gasteiger partial charge in [-0.05, 0) is 24.6 Å². The maximum atomic E-state index is 11.3. The van der Waals surface area contributed by atoms with E-state index in [2.05, 4.69) is 4.98 Å². The molecule has 0 bridgehead atoms. The first-order chi connectivity index (χ1) is 9.00. The Morgan fingerprint density at radius 2 is 2.21 bits per heavy atom. The summed E-state index contributed by atoms with van der Waals surface area (Å²) in [6.07, 6.45) is 0.599. The second kappa shape index (κ2) is 5.83. The van der Waals surface area contributed by atoms with E-state index in [4.69, 9.17) is 10.2 Å². The Kier molecular flexibility index (Phi) is 4.36. The number of nitrogen functional groups attached to an aromatic ring is 1. The quantitative estimate of drug-likeness (QED) is 0.500. The van der Waals surface area contributed by atoms with E-state index in [1.165, 1.54) is 11.8 Å². The first-order valence-corrected chi connectivity index (χ1v) is 8.80. The minimum Gasteiger partial charge on any atom is -0.431 e. The lowest BCUT2D eigenvalue weighted by atomic mass is 10.3. The fraction of sp³-hybridized carbons (Fsp3) is 0.417. The lowest BCUT2D eigenvalue weighted by Crippen LogP contribution is -2.09. The Labute approximate surface area is 116 Å². The van der Waals surface area contributed by atoms with Crippen molar-refractivity contribution in [2.45, 2.75) is 18.6 Å². The second-order valence-electron chi connectivity index (χ2n) is 4.15. The molecule has 0 unspecified atom stereocenters. The molecule has 0 saturated heterocycles. The van der Waals surface area contributed by atoms with Crippen molar-refractivity contribution >= 4 is 38.4 Å². The summed E-state index contributed by atoms with van der Waals surface area (Å²) >= 11 is 1.42. The summed E-state index contributed by atoms with van der Waals surface area (Å²) in [5.41, 5.74) is 7.73. The average molecular weight is 300 g/mol. The third kappa shape index (κ3) is 3.87. The molecule has 1 aromatic carbocycles. The van der Waals surface area contributed by atoms with Crippen molar-refractivity contribution in [3.05, 3.63) is 18.2 Å². The third-order valence-electron chi connectivity index (χ3n) is 2.66. The molecule has 1 aromatic heterocycles. The Morgan fingerprint density at radius 1 is 1.42 bits per heavy atom. The highest BCUT2D eigenvalue weighted by atomic mass is 32.2. The van der Waals surface area contributed by atoms with Crippen LogP contribution in [0.15, 0.2) is 27.8 Å². The van der Waals surface area contributed by atoms with Crippen LogP contribution in [-0.2, 0) is 9.84 Å². The van der Waals surface area contributed by atoms with Crippen molar-refractivity contribution in [3.63, 3.8) is 0 Å². The molecule has 0 fully saturated rings. The van der Waals surface area contributed by atoms with E-state index in [9.17, 15) is 8.42 Å². The van der Waals surface area contributed by atoms with Crippen LogP contribution in [0.3, 0.4) is 0 Å². The number of nitrogens with two attached hydrogens (primary N) is 1. The SMILES string of the molecule is CCS(=O)(=O)CCCSc1nc2cc(N)ccc2o1. The minimum atomic E-state index is -2.89. The first kappa shape index (κ1) is 14.2. The number of thioether (sulfide) groups is 1. The van der Waals surface area contributed by atoms with Crippen molar-refractivity contribution in [2.24, 2.45) is 0 Å². The predicted octanol–water partition coefficient (Wildman–Crippen LogP) is 2.33. The number of anilines is 1. The number of fused-ring (bicyclic) bond motifs is 1. The smallest absolute Gasteiger partial charge is 0.256 e. The molecule has 2 N–H and O–H groups in total. The van der Waals surface area contributed by atoms with Crippen LogP contribution in [0.4, 0.5) is 5.69 Å². The standard InChI is InChI=1S/C12H16N2O3S2/c1-2-19(15,16)7-3-6-18-12-14-10-8-9(13)4-5-11(10)17-12/h4-5,8H,2-3,6-7,13H2,1H3. The maximum absolute atomic E-state index is 11.3. The normalized spacial score (nSPS) is 12.1. The number of benzene rings is 1. The molecule has 0 saturated carbocycles. The van der Waals surface area contributed by atoms with Crippen LogP contribution in [0.5, 0.6) is 0 Å². The number of rotatable bonds is 6. The first-order valence-electron chi connectivity index (χ1n) is 5.99. The summed E-state index contributed by atoms with van der Waals surface area (Å²) in [4.78, 5) is 4.29. The number of hydrogen-bond donors (Lipinski definition) is 1. The fourth-order valence-electron chi connectivity index (χ4n) is 1.57. The third-order valence-corrected chi connectivity index (χ3v) is 5.36. The summed E-state index contributed by atoms with van der Waals surface area (Å²) in [5, 5.41) is 0.550. The highest BCUT2D eigenvalue weighted by Gasteiger charge is 2.09. The Bertz CT molecular complexity index is 665. The molecule has 0 aliphatic rings. The van der Waals surface area contributed by atoms with Crippen LogP contribution >= 0.6 is 11.8 Å². The van der Waals surface area contributed by atoms with Crippen LogP contribution in [-0.4, -0.2) is 30.7 Å². The number of aromatic nitrogens is 1. The summed E-state index contributed by atoms with van der Waals surface area (Å²) in [6, 6.07) is 5.30. The highest BCUT2D eigenvalue weighted by molar-refractivity contribution is 7.99. The van der Waals surface area contributed by atoms with E-state index in [0.717, 1.165) is 5.52 Å². The van der Waals surface area contributed by atoms with Gasteiger partial charge in [0.2, 0.25) is 0 Å². The molecule has 0 radical (unpaired) electrons. The van der Waals surface area contributed by atoms with Crippen LogP contribution in [0, 0.1) is 0 Å². The largest absolute Gasteiger partial charge is 0.431 e. The molecule has 1 heterocycles. The number of nitrogens with zero attached hydrogens (tertiary/aromatic N) is 1. The summed E-state index contributed by atoms with van der Waals surface area (Å²) < 4.78 is 28.2. The Hall–Kier alpha value is -1.21. The number of hydrogen-bond acceptors (Lipinski definition) is 6. The molecule has 0 aliphatic heterocycles. The number of oxazole rings is 1.